The first-order valence-electron chi connectivity index (χ1n) is 12.9. The highest BCUT2D eigenvalue weighted by atomic mass is 16.3. The number of aliphatic hydroxyl groups excluding tert-OH is 3. The molecule has 0 radical (unpaired) electrons. The predicted molar refractivity (Wildman–Crippen MR) is 139 cm³/mol. The van der Waals surface area contributed by atoms with E-state index < -0.39 is 18.2 Å². The van der Waals surface area contributed by atoms with Crippen LogP contribution in [0, 0.1) is 0 Å². The molecule has 0 aliphatic carbocycles. The van der Waals surface area contributed by atoms with Crippen LogP contribution in [0.3, 0.4) is 0 Å². The van der Waals surface area contributed by atoms with E-state index in [9.17, 15) is 20.1 Å². The van der Waals surface area contributed by atoms with Gasteiger partial charge in [-0.15, -0.1) is 0 Å². The van der Waals surface area contributed by atoms with E-state index >= 15 is 0 Å². The third-order valence-electron chi connectivity index (χ3n) is 5.33. The second-order valence-corrected chi connectivity index (χ2v) is 8.54. The minimum Gasteiger partial charge on any atom is -0.394 e. The van der Waals surface area contributed by atoms with Crippen LogP contribution in [0.2, 0.25) is 0 Å². The minimum absolute atomic E-state index is 0.0164. The summed E-state index contributed by atoms with van der Waals surface area (Å²) >= 11 is 0. The van der Waals surface area contributed by atoms with Crippen LogP contribution in [0.4, 0.5) is 0 Å². The number of carbonyl (C=O) groups excluding carboxylic acids is 1. The van der Waals surface area contributed by atoms with Crippen molar-refractivity contribution >= 4 is 5.91 Å². The molecule has 0 saturated carbocycles. The topological polar surface area (TPSA) is 89.8 Å². The van der Waals surface area contributed by atoms with Crippen molar-refractivity contribution in [1.29, 1.82) is 0 Å². The summed E-state index contributed by atoms with van der Waals surface area (Å²) in [4.78, 5) is 12.2. The van der Waals surface area contributed by atoms with Crippen LogP contribution in [-0.2, 0) is 4.79 Å². The lowest BCUT2D eigenvalue weighted by Gasteiger charge is -2.20. The number of carbonyl (C=O) groups is 1. The molecule has 190 valence electrons. The van der Waals surface area contributed by atoms with Crippen LogP contribution in [0.1, 0.15) is 97.3 Å². The molecule has 0 saturated heterocycles. The van der Waals surface area contributed by atoms with Crippen LogP contribution >= 0.6 is 0 Å². The molecule has 1 amide bonds. The second-order valence-electron chi connectivity index (χ2n) is 8.54. The maximum atomic E-state index is 12.2. The summed E-state index contributed by atoms with van der Waals surface area (Å²) in [6.45, 7) is 3.95. The van der Waals surface area contributed by atoms with Gasteiger partial charge in [0.25, 0.3) is 0 Å². The van der Waals surface area contributed by atoms with Crippen LogP contribution < -0.4 is 5.32 Å². The Hall–Kier alpha value is -1.69. The van der Waals surface area contributed by atoms with Gasteiger partial charge in [0.05, 0.1) is 31.3 Å². The summed E-state index contributed by atoms with van der Waals surface area (Å²) in [5.74, 6) is -0.353. The number of unbranched alkanes of at least 4 members (excludes halogenated alkanes) is 6. The molecule has 0 aliphatic rings. The zero-order valence-electron chi connectivity index (χ0n) is 21.0. The molecule has 0 aromatic heterocycles. The fourth-order valence-corrected chi connectivity index (χ4v) is 3.30. The number of allylic oxidation sites excluding steroid dienone is 7. The van der Waals surface area contributed by atoms with Crippen molar-refractivity contribution in [2.45, 2.75) is 116 Å². The second kappa shape index (κ2) is 23.5. The van der Waals surface area contributed by atoms with E-state index in [2.05, 4.69) is 55.6 Å². The average Bonchev–Trinajstić information content (AvgIpc) is 2.80. The molecule has 0 rings (SSSR count). The standard InChI is InChI=1S/C28H49NO4/c1-3-5-7-9-11-13-14-16-18-20-22-27(32)26(24-30)29-28(33)23-25(31)21-19-17-15-12-10-8-6-4-2/h5,7,10,12-14,20,22,25-27,30-32H,3-4,6,8-9,11,15-19,21,23-24H2,1-2H3,(H,29,33)/b7-5+,12-10-,14-13+,22-20+. The van der Waals surface area contributed by atoms with E-state index in [1.807, 2.05) is 6.08 Å². The Morgan fingerprint density at radius 2 is 1.36 bits per heavy atom. The smallest absolute Gasteiger partial charge is 0.222 e. The van der Waals surface area contributed by atoms with Crippen molar-refractivity contribution in [3.8, 4) is 0 Å². The molecule has 5 heteroatoms. The summed E-state index contributed by atoms with van der Waals surface area (Å²) in [7, 11) is 0. The first kappa shape index (κ1) is 31.3. The lowest BCUT2D eigenvalue weighted by molar-refractivity contribution is -0.124. The SMILES string of the molecule is CC/C=C/CC/C=C/CC/C=C/C(O)C(CO)NC(=O)CC(O)CCCC/C=C\CCCC. The van der Waals surface area contributed by atoms with Gasteiger partial charge in [0, 0.05) is 0 Å². The van der Waals surface area contributed by atoms with E-state index in [0.717, 1.165) is 57.8 Å². The molecule has 33 heavy (non-hydrogen) atoms. The lowest BCUT2D eigenvalue weighted by Crippen LogP contribution is -2.45. The van der Waals surface area contributed by atoms with Crippen molar-refractivity contribution < 1.29 is 20.1 Å². The predicted octanol–water partition coefficient (Wildman–Crippen LogP) is 5.52. The Kier molecular flexibility index (Phi) is 22.3. The molecule has 5 nitrogen and oxygen atoms in total. The molecule has 0 aromatic carbocycles. The number of hydrogen-bond donors (Lipinski definition) is 4. The fraction of sp³-hybridized carbons (Fsp3) is 0.679. The lowest BCUT2D eigenvalue weighted by atomic mass is 10.1. The first-order chi connectivity index (χ1) is 16.0. The minimum atomic E-state index is -0.959. The Bertz CT molecular complexity index is 568. The first-order valence-corrected chi connectivity index (χ1v) is 12.9. The van der Waals surface area contributed by atoms with Gasteiger partial charge >= 0.3 is 0 Å². The van der Waals surface area contributed by atoms with Crippen LogP contribution in [0.5, 0.6) is 0 Å². The normalized spacial score (nSPS) is 15.2. The zero-order chi connectivity index (χ0) is 24.6. The van der Waals surface area contributed by atoms with E-state index in [1.54, 1.807) is 6.08 Å². The number of aliphatic hydroxyl groups is 3. The molecule has 0 bridgehead atoms. The third-order valence-corrected chi connectivity index (χ3v) is 5.33. The van der Waals surface area contributed by atoms with Gasteiger partial charge in [-0.3, -0.25) is 4.79 Å². The quantitative estimate of drug-likeness (QED) is 0.133. The third kappa shape index (κ3) is 20.6. The molecule has 4 N–H and O–H groups in total. The summed E-state index contributed by atoms with van der Waals surface area (Å²) in [5.41, 5.74) is 0. The van der Waals surface area contributed by atoms with E-state index in [-0.39, 0.29) is 18.9 Å². The highest BCUT2D eigenvalue weighted by molar-refractivity contribution is 5.76. The van der Waals surface area contributed by atoms with Crippen molar-refractivity contribution in [3.05, 3.63) is 48.6 Å². The number of rotatable bonds is 21. The number of nitrogens with one attached hydrogen (secondary N) is 1. The fourth-order valence-electron chi connectivity index (χ4n) is 3.30. The van der Waals surface area contributed by atoms with Gasteiger partial charge in [-0.05, 0) is 57.8 Å². The summed E-state index contributed by atoms with van der Waals surface area (Å²) in [6, 6.07) is -0.768. The Morgan fingerprint density at radius 1 is 0.788 bits per heavy atom. The molecular formula is C28H49NO4. The van der Waals surface area contributed by atoms with Crippen LogP contribution in [0.15, 0.2) is 48.6 Å². The zero-order valence-corrected chi connectivity index (χ0v) is 21.0. The molecule has 3 atom stereocenters. The number of amides is 1. The molecule has 0 aliphatic heterocycles. The van der Waals surface area contributed by atoms with Gasteiger partial charge in [-0.25, -0.2) is 0 Å². The van der Waals surface area contributed by atoms with Crippen LogP contribution in [0.25, 0.3) is 0 Å². The van der Waals surface area contributed by atoms with Crippen molar-refractivity contribution in [2.75, 3.05) is 6.61 Å². The number of hydrogen-bond acceptors (Lipinski definition) is 4. The summed E-state index contributed by atoms with van der Waals surface area (Å²) in [6.07, 6.45) is 26.7. The van der Waals surface area contributed by atoms with E-state index in [4.69, 9.17) is 0 Å². The van der Waals surface area contributed by atoms with Gasteiger partial charge < -0.3 is 20.6 Å². The Morgan fingerprint density at radius 3 is 1.97 bits per heavy atom. The van der Waals surface area contributed by atoms with Crippen LogP contribution in [-0.4, -0.2) is 46.1 Å². The van der Waals surface area contributed by atoms with Gasteiger partial charge in [-0.2, -0.15) is 0 Å². The monoisotopic (exact) mass is 463 g/mol. The van der Waals surface area contributed by atoms with Crippen molar-refractivity contribution in [1.82, 2.24) is 5.32 Å². The van der Waals surface area contributed by atoms with Gasteiger partial charge in [0.1, 0.15) is 0 Å². The summed E-state index contributed by atoms with van der Waals surface area (Å²) < 4.78 is 0. The molecule has 0 fully saturated rings. The molecule has 0 aromatic rings. The van der Waals surface area contributed by atoms with Gasteiger partial charge in [0.15, 0.2) is 0 Å². The van der Waals surface area contributed by atoms with Crippen molar-refractivity contribution in [2.24, 2.45) is 0 Å². The molecule has 3 unspecified atom stereocenters. The maximum absolute atomic E-state index is 12.2. The maximum Gasteiger partial charge on any atom is 0.222 e. The van der Waals surface area contributed by atoms with E-state index in [0.29, 0.717) is 6.42 Å². The van der Waals surface area contributed by atoms with E-state index in [1.165, 1.54) is 12.8 Å². The van der Waals surface area contributed by atoms with Gasteiger partial charge in [0.2, 0.25) is 5.91 Å². The Balaban J connectivity index is 4.03. The summed E-state index contributed by atoms with van der Waals surface area (Å²) in [5, 5.41) is 32.5. The van der Waals surface area contributed by atoms with Gasteiger partial charge in [-0.1, -0.05) is 81.7 Å². The molecule has 0 heterocycles. The largest absolute Gasteiger partial charge is 0.394 e. The Labute approximate surface area is 202 Å². The highest BCUT2D eigenvalue weighted by Gasteiger charge is 2.19. The highest BCUT2D eigenvalue weighted by Crippen LogP contribution is 2.09. The average molecular weight is 464 g/mol. The molecular weight excluding hydrogens is 414 g/mol. The molecule has 0 spiro atoms. The van der Waals surface area contributed by atoms with Crippen molar-refractivity contribution in [3.63, 3.8) is 0 Å².